The normalized spacial score (nSPS) is 18.4. The molecule has 2 aromatic heterocycles. The molecule has 0 aromatic carbocycles. The Labute approximate surface area is 187 Å². The molecule has 0 saturated carbocycles. The molecule has 12 heteroatoms. The fourth-order valence-corrected chi connectivity index (χ4v) is 3.42. The number of hydrogen-bond donors (Lipinski definition) is 2. The number of piperidine rings is 1. The molecule has 33 heavy (non-hydrogen) atoms. The summed E-state index contributed by atoms with van der Waals surface area (Å²) >= 11 is 0. The molecule has 2 N–H and O–H groups in total. The van der Waals surface area contributed by atoms with Gasteiger partial charge < -0.3 is 19.5 Å². The fraction of sp³-hybridized carbons (Fsp3) is 0.429. The Morgan fingerprint density at radius 1 is 1.24 bits per heavy atom. The van der Waals surface area contributed by atoms with E-state index in [2.05, 4.69) is 9.88 Å². The monoisotopic (exact) mass is 471 g/mol. The lowest BCUT2D eigenvalue weighted by Gasteiger charge is -2.40. The van der Waals surface area contributed by atoms with Crippen LogP contribution in [0.4, 0.5) is 13.2 Å². The average molecular weight is 471 g/mol. The molecule has 1 saturated heterocycles. The molecule has 1 amide bonds. The van der Waals surface area contributed by atoms with Crippen molar-refractivity contribution in [1.82, 2.24) is 14.8 Å². The number of aromatic nitrogens is 1. The summed E-state index contributed by atoms with van der Waals surface area (Å²) in [7, 11) is 1.98. The highest BCUT2D eigenvalue weighted by Crippen LogP contribution is 2.25. The highest BCUT2D eigenvalue weighted by molar-refractivity contribution is 5.94. The standard InChI is InChI=1S/C19H23N3O4.C2HF3O2/c1-13-5-6-17(26-13)18(23)22-9-7-15(10-16(22)19(24)25)21(2)12-14-4-3-8-20-11-14;3-2(4,5)1(6)7/h3-6,8,11,15-16H,7,9-10,12H2,1-2H3,(H,24,25);(H,6,7). The second-order valence-electron chi connectivity index (χ2n) is 7.52. The summed E-state index contributed by atoms with van der Waals surface area (Å²) in [6, 6.07) is 6.40. The molecule has 2 atom stereocenters. The number of furan rings is 1. The van der Waals surface area contributed by atoms with E-state index in [9.17, 15) is 27.9 Å². The van der Waals surface area contributed by atoms with Gasteiger partial charge in [-0.3, -0.25) is 14.7 Å². The molecule has 0 spiro atoms. The van der Waals surface area contributed by atoms with E-state index in [1.54, 1.807) is 25.3 Å². The minimum Gasteiger partial charge on any atom is -0.480 e. The number of carbonyl (C=O) groups is 3. The fourth-order valence-electron chi connectivity index (χ4n) is 3.42. The van der Waals surface area contributed by atoms with Crippen LogP contribution < -0.4 is 0 Å². The summed E-state index contributed by atoms with van der Waals surface area (Å²) in [5.41, 5.74) is 1.08. The molecule has 2 aromatic rings. The van der Waals surface area contributed by atoms with Crippen LogP contribution in [0.1, 0.15) is 34.7 Å². The second kappa shape index (κ2) is 10.9. The van der Waals surface area contributed by atoms with E-state index in [1.165, 1.54) is 4.90 Å². The number of halogens is 3. The quantitative estimate of drug-likeness (QED) is 0.682. The first-order chi connectivity index (χ1) is 15.4. The van der Waals surface area contributed by atoms with Crippen molar-refractivity contribution in [2.75, 3.05) is 13.6 Å². The third-order valence-corrected chi connectivity index (χ3v) is 5.09. The number of aliphatic carboxylic acids is 2. The number of hydrogen-bond acceptors (Lipinski definition) is 6. The molecule has 0 bridgehead atoms. The SMILES string of the molecule is Cc1ccc(C(=O)N2CCC(N(C)Cc3cccnc3)CC2C(=O)O)o1.O=C(O)C(F)(F)F. The Morgan fingerprint density at radius 3 is 2.39 bits per heavy atom. The van der Waals surface area contributed by atoms with Crippen LogP contribution >= 0.6 is 0 Å². The van der Waals surface area contributed by atoms with Gasteiger partial charge in [-0.05, 0) is 50.6 Å². The van der Waals surface area contributed by atoms with Crippen LogP contribution in [0.25, 0.3) is 0 Å². The lowest BCUT2D eigenvalue weighted by molar-refractivity contribution is -0.192. The van der Waals surface area contributed by atoms with Crippen molar-refractivity contribution < 1.29 is 42.2 Å². The molecular formula is C21H24F3N3O6. The van der Waals surface area contributed by atoms with Crippen molar-refractivity contribution in [2.45, 2.75) is 44.6 Å². The number of alkyl halides is 3. The van der Waals surface area contributed by atoms with Gasteiger partial charge in [0.2, 0.25) is 0 Å². The van der Waals surface area contributed by atoms with E-state index < -0.39 is 24.2 Å². The zero-order chi connectivity index (χ0) is 24.8. The van der Waals surface area contributed by atoms with Crippen molar-refractivity contribution in [3.8, 4) is 0 Å². The highest BCUT2D eigenvalue weighted by Gasteiger charge is 2.39. The topological polar surface area (TPSA) is 124 Å². The van der Waals surface area contributed by atoms with E-state index in [0.717, 1.165) is 5.56 Å². The van der Waals surface area contributed by atoms with E-state index in [-0.39, 0.29) is 17.7 Å². The van der Waals surface area contributed by atoms with Gasteiger partial charge in [-0.1, -0.05) is 6.07 Å². The van der Waals surface area contributed by atoms with Gasteiger partial charge in [0.1, 0.15) is 11.8 Å². The minimum absolute atomic E-state index is 0.0821. The number of carboxylic acids is 2. The first-order valence-electron chi connectivity index (χ1n) is 9.89. The summed E-state index contributed by atoms with van der Waals surface area (Å²) in [5.74, 6) is -3.28. The number of rotatable bonds is 5. The summed E-state index contributed by atoms with van der Waals surface area (Å²) in [5, 5.41) is 16.8. The summed E-state index contributed by atoms with van der Waals surface area (Å²) in [4.78, 5) is 41.0. The molecule has 1 aliphatic heterocycles. The highest BCUT2D eigenvalue weighted by atomic mass is 19.4. The van der Waals surface area contributed by atoms with Crippen LogP contribution in [0.5, 0.6) is 0 Å². The number of carbonyl (C=O) groups excluding carboxylic acids is 1. The van der Waals surface area contributed by atoms with Gasteiger partial charge in [0.25, 0.3) is 5.91 Å². The Balaban J connectivity index is 0.000000479. The molecule has 0 radical (unpaired) electrons. The predicted molar refractivity (Wildman–Crippen MR) is 108 cm³/mol. The Kier molecular flexibility index (Phi) is 8.57. The lowest BCUT2D eigenvalue weighted by Crippen LogP contribution is -2.54. The molecule has 9 nitrogen and oxygen atoms in total. The number of aryl methyl sites for hydroxylation is 1. The van der Waals surface area contributed by atoms with Gasteiger partial charge in [-0.2, -0.15) is 13.2 Å². The predicted octanol–water partition coefficient (Wildman–Crippen LogP) is 2.81. The molecule has 2 unspecified atom stereocenters. The maximum absolute atomic E-state index is 12.6. The molecular weight excluding hydrogens is 447 g/mol. The first kappa shape index (κ1) is 25.8. The van der Waals surface area contributed by atoms with Crippen LogP contribution in [0, 0.1) is 6.92 Å². The molecule has 0 aliphatic carbocycles. The van der Waals surface area contributed by atoms with E-state index in [0.29, 0.717) is 31.7 Å². The van der Waals surface area contributed by atoms with Gasteiger partial charge >= 0.3 is 18.1 Å². The van der Waals surface area contributed by atoms with Crippen molar-refractivity contribution in [1.29, 1.82) is 0 Å². The molecule has 1 fully saturated rings. The van der Waals surface area contributed by atoms with Gasteiger partial charge in [-0.15, -0.1) is 0 Å². The van der Waals surface area contributed by atoms with Gasteiger partial charge in [0.15, 0.2) is 5.76 Å². The lowest BCUT2D eigenvalue weighted by atomic mass is 9.95. The van der Waals surface area contributed by atoms with Crippen molar-refractivity contribution >= 4 is 17.8 Å². The molecule has 180 valence electrons. The smallest absolute Gasteiger partial charge is 0.480 e. The second-order valence-corrected chi connectivity index (χ2v) is 7.52. The number of nitrogens with zero attached hydrogens (tertiary/aromatic N) is 3. The van der Waals surface area contributed by atoms with Crippen LogP contribution in [-0.4, -0.2) is 74.7 Å². The maximum Gasteiger partial charge on any atom is 0.490 e. The zero-order valence-corrected chi connectivity index (χ0v) is 18.0. The third-order valence-electron chi connectivity index (χ3n) is 5.09. The van der Waals surface area contributed by atoms with Crippen LogP contribution in [0.15, 0.2) is 41.1 Å². The molecule has 3 heterocycles. The van der Waals surface area contributed by atoms with Crippen LogP contribution in [-0.2, 0) is 16.1 Å². The number of carboxylic acid groups (broad SMARTS) is 2. The largest absolute Gasteiger partial charge is 0.490 e. The van der Waals surface area contributed by atoms with E-state index in [1.807, 2.05) is 25.4 Å². The van der Waals surface area contributed by atoms with Gasteiger partial charge in [0, 0.05) is 31.5 Å². The Morgan fingerprint density at radius 2 is 1.91 bits per heavy atom. The van der Waals surface area contributed by atoms with Gasteiger partial charge in [-0.25, -0.2) is 9.59 Å². The zero-order valence-electron chi connectivity index (χ0n) is 18.0. The van der Waals surface area contributed by atoms with E-state index >= 15 is 0 Å². The Bertz CT molecular complexity index is 964. The Hall–Kier alpha value is -3.41. The number of pyridine rings is 1. The summed E-state index contributed by atoms with van der Waals surface area (Å²) < 4.78 is 37.1. The molecule has 1 aliphatic rings. The van der Waals surface area contributed by atoms with Crippen molar-refractivity contribution in [3.05, 3.63) is 53.7 Å². The number of likely N-dealkylation sites (tertiary alicyclic amines) is 1. The van der Waals surface area contributed by atoms with Gasteiger partial charge in [0.05, 0.1) is 0 Å². The third kappa shape index (κ3) is 7.31. The van der Waals surface area contributed by atoms with Crippen molar-refractivity contribution in [3.63, 3.8) is 0 Å². The van der Waals surface area contributed by atoms with Crippen LogP contribution in [0.3, 0.4) is 0 Å². The van der Waals surface area contributed by atoms with E-state index in [4.69, 9.17) is 14.3 Å². The summed E-state index contributed by atoms with van der Waals surface area (Å²) in [6.07, 6.45) is -0.447. The van der Waals surface area contributed by atoms with Crippen LogP contribution in [0.2, 0.25) is 0 Å². The number of amides is 1. The average Bonchev–Trinajstić information content (AvgIpc) is 3.19. The van der Waals surface area contributed by atoms with Crippen molar-refractivity contribution in [2.24, 2.45) is 0 Å². The first-order valence-corrected chi connectivity index (χ1v) is 9.89. The summed E-state index contributed by atoms with van der Waals surface area (Å²) in [6.45, 7) is 2.83. The molecule has 3 rings (SSSR count). The maximum atomic E-state index is 12.6. The minimum atomic E-state index is -5.08.